The van der Waals surface area contributed by atoms with E-state index in [0.717, 1.165) is 59.4 Å². The van der Waals surface area contributed by atoms with Gasteiger partial charge in [-0.05, 0) is 62.3 Å². The molecule has 2 aliphatic rings. The van der Waals surface area contributed by atoms with Crippen LogP contribution in [0.15, 0.2) is 71.4 Å². The van der Waals surface area contributed by atoms with Crippen molar-refractivity contribution < 1.29 is 29.4 Å². The zero-order valence-electron chi connectivity index (χ0n) is 38.2. The number of aliphatic imine (C=N–C) groups is 1. The number of aliphatic hydroxyl groups is 1. The Morgan fingerprint density at radius 1 is 0.924 bits per heavy atom. The van der Waals surface area contributed by atoms with E-state index in [4.69, 9.17) is 4.99 Å². The number of carboxylic acid groups (broad SMARTS) is 1. The fourth-order valence-electron chi connectivity index (χ4n) is 8.61. The van der Waals surface area contributed by atoms with Crippen molar-refractivity contribution in [2.45, 2.75) is 111 Å². The maximum Gasteiger partial charge on any atom is 0.306 e. The van der Waals surface area contributed by atoms with Crippen molar-refractivity contribution in [1.82, 2.24) is 45.1 Å². The van der Waals surface area contributed by atoms with Crippen molar-refractivity contribution in [1.29, 1.82) is 0 Å². The van der Waals surface area contributed by atoms with Gasteiger partial charge >= 0.3 is 5.97 Å². The number of nitrogens with one attached hydrogen (secondary N) is 2. The smallest absolute Gasteiger partial charge is 0.306 e. The molecule has 4 N–H and O–H groups in total. The molecule has 2 aromatic carbocycles. The molecule has 4 aromatic heterocycles. The van der Waals surface area contributed by atoms with Gasteiger partial charge in [-0.15, -0.1) is 32.9 Å². The molecule has 6 aromatic rings. The number of aliphatic hydroxyl groups excluding tert-OH is 1. The minimum atomic E-state index is -0.981. The van der Waals surface area contributed by atoms with Crippen LogP contribution in [-0.4, -0.2) is 98.8 Å². The summed E-state index contributed by atoms with van der Waals surface area (Å²) in [5.74, 6) is -0.976. The van der Waals surface area contributed by atoms with Crippen molar-refractivity contribution in [3.05, 3.63) is 111 Å². The topological polar surface area (TPSA) is 210 Å². The van der Waals surface area contributed by atoms with E-state index in [1.54, 1.807) is 33.6 Å². The molecule has 5 atom stereocenters. The molecule has 2 aliphatic heterocycles. The Morgan fingerprint density at radius 3 is 2.29 bits per heavy atom. The van der Waals surface area contributed by atoms with Gasteiger partial charge in [-0.3, -0.25) is 33.4 Å². The van der Waals surface area contributed by atoms with E-state index >= 15 is 0 Å². The molecule has 0 unspecified atom stereocenters. The highest BCUT2D eigenvalue weighted by atomic mass is 32.1. The molecule has 0 aliphatic carbocycles. The lowest BCUT2D eigenvalue weighted by atomic mass is 9.85. The van der Waals surface area contributed by atoms with Crippen molar-refractivity contribution in [3.8, 4) is 26.6 Å². The first-order chi connectivity index (χ1) is 31.4. The number of thiophene rings is 1. The lowest BCUT2D eigenvalue weighted by molar-refractivity contribution is -0.144. The molecule has 0 radical (unpaired) electrons. The summed E-state index contributed by atoms with van der Waals surface area (Å²) in [5.41, 5.74) is 9.23. The second-order valence-corrected chi connectivity index (χ2v) is 20.3. The molecular formula is C48H54N10O6S2. The Hall–Kier alpha value is -6.37. The van der Waals surface area contributed by atoms with Crippen LogP contribution in [-0.2, 0) is 25.7 Å². The Bertz CT molecular complexity index is 2830. The number of amides is 3. The van der Waals surface area contributed by atoms with Crippen molar-refractivity contribution in [3.63, 3.8) is 0 Å². The average molecular weight is 931 g/mol. The average Bonchev–Trinajstić information content (AvgIpc) is 4.12. The first-order valence-electron chi connectivity index (χ1n) is 21.9. The third-order valence-corrected chi connectivity index (χ3v) is 14.5. The number of carbonyl (C=O) groups is 4. The van der Waals surface area contributed by atoms with E-state index in [2.05, 4.69) is 37.8 Å². The van der Waals surface area contributed by atoms with E-state index in [0.29, 0.717) is 17.4 Å². The molecule has 18 heteroatoms. The van der Waals surface area contributed by atoms with Crippen LogP contribution >= 0.6 is 22.7 Å². The van der Waals surface area contributed by atoms with Crippen LogP contribution < -0.4 is 10.6 Å². The van der Waals surface area contributed by atoms with Crippen molar-refractivity contribution in [2.24, 2.45) is 10.4 Å². The zero-order chi connectivity index (χ0) is 47.2. The van der Waals surface area contributed by atoms with E-state index in [9.17, 15) is 29.4 Å². The van der Waals surface area contributed by atoms with Gasteiger partial charge in [0.2, 0.25) is 17.7 Å². The highest BCUT2D eigenvalue weighted by molar-refractivity contribution is 7.15. The number of carboxylic acids is 1. The van der Waals surface area contributed by atoms with E-state index in [1.807, 2.05) is 113 Å². The number of fused-ring (bicyclic) bond motifs is 3. The van der Waals surface area contributed by atoms with Gasteiger partial charge in [0.1, 0.15) is 29.0 Å². The molecule has 8 rings (SSSR count). The second-order valence-electron chi connectivity index (χ2n) is 18.2. The van der Waals surface area contributed by atoms with Crippen molar-refractivity contribution >= 4 is 52.1 Å². The minimum Gasteiger partial charge on any atom is -0.481 e. The Morgan fingerprint density at radius 2 is 1.62 bits per heavy atom. The van der Waals surface area contributed by atoms with Gasteiger partial charge in [-0.1, -0.05) is 69.3 Å². The summed E-state index contributed by atoms with van der Waals surface area (Å²) in [5, 5.41) is 40.6. The zero-order valence-corrected chi connectivity index (χ0v) is 39.8. The number of rotatable bonds is 13. The van der Waals surface area contributed by atoms with Crippen LogP contribution in [0.25, 0.3) is 26.6 Å². The first-order valence-corrected chi connectivity index (χ1v) is 23.6. The molecule has 3 amide bonds. The van der Waals surface area contributed by atoms with Gasteiger partial charge in [-0.2, -0.15) is 5.10 Å². The van der Waals surface area contributed by atoms with Gasteiger partial charge in [-0.25, -0.2) is 4.98 Å². The molecule has 1 fully saturated rings. The molecule has 1 saturated heterocycles. The number of aryl methyl sites for hydroxylation is 4. The molecule has 344 valence electrons. The lowest BCUT2D eigenvalue weighted by Gasteiger charge is -2.35. The summed E-state index contributed by atoms with van der Waals surface area (Å²) in [6.07, 6.45) is 2.58. The fraction of sp³-hybridized carbons (Fsp3) is 0.396. The SMILES string of the molecule is Cc1ncsc1-c1ccc([C@H](C)NC(=O)[C@@H]2C[C@@H](O)CN2C(=O)[C@@H](NC(=O)CCn2cc(-c3ccc(C4=N[C@@H](CC(=O)O)c5nnc(C)n5-c5sc(C)c(C)c54)cc3)cn2)C(C)(C)C)cc1. The quantitative estimate of drug-likeness (QED) is 0.0966. The lowest BCUT2D eigenvalue weighted by Crippen LogP contribution is -2.57. The van der Waals surface area contributed by atoms with Crippen LogP contribution in [0.1, 0.15) is 104 Å². The number of nitrogens with zero attached hydrogens (tertiary/aromatic N) is 8. The summed E-state index contributed by atoms with van der Waals surface area (Å²) in [7, 11) is 0. The number of aromatic nitrogens is 6. The van der Waals surface area contributed by atoms with E-state index in [-0.39, 0.29) is 50.2 Å². The second kappa shape index (κ2) is 18.5. The molecule has 66 heavy (non-hydrogen) atoms. The highest BCUT2D eigenvalue weighted by Gasteiger charge is 2.45. The standard InChI is InChI=1S/C48H54N10O6S2/c1-25-28(4)66-47-40(25)41(52-36(20-39(61)62)44-55-54-29(5)58(44)47)32-13-11-31(12-14-32)34-21-50-56(22-34)18-17-38(60)53-43(48(6,7)8)46(64)57-23-35(59)19-37(57)45(63)51-26(2)30-9-15-33(16-10-30)42-27(3)49-24-65-42/h9-16,21-22,24,26,35-37,43,59H,17-20,23H2,1-8H3,(H,51,63)(H,53,60)(H,61,62)/t26-,35+,36-,37-,43+/m0/s1. The molecule has 16 nitrogen and oxygen atoms in total. The third-order valence-electron chi connectivity index (χ3n) is 12.4. The van der Waals surface area contributed by atoms with Gasteiger partial charge in [0.15, 0.2) is 5.82 Å². The Kier molecular flexibility index (Phi) is 12.9. The number of benzene rings is 2. The Balaban J connectivity index is 0.912. The fourth-order valence-corrected chi connectivity index (χ4v) is 10.6. The van der Waals surface area contributed by atoms with Gasteiger partial charge in [0.25, 0.3) is 0 Å². The van der Waals surface area contributed by atoms with Crippen LogP contribution in [0.5, 0.6) is 0 Å². The van der Waals surface area contributed by atoms with Crippen LogP contribution in [0, 0.1) is 33.1 Å². The van der Waals surface area contributed by atoms with Crippen LogP contribution in [0.4, 0.5) is 0 Å². The van der Waals surface area contributed by atoms with Crippen molar-refractivity contribution in [2.75, 3.05) is 6.54 Å². The number of β-amino-alcohol motifs (C(OH)–C–C–N with tert-alkyl or cyclic N) is 1. The first kappa shape index (κ1) is 46.2. The van der Waals surface area contributed by atoms with Crippen LogP contribution in [0.3, 0.4) is 0 Å². The number of hydrogen-bond donors (Lipinski definition) is 4. The Labute approximate surface area is 390 Å². The number of carbonyl (C=O) groups excluding carboxylic acids is 3. The molecule has 0 bridgehead atoms. The summed E-state index contributed by atoms with van der Waals surface area (Å²) < 4.78 is 3.61. The van der Waals surface area contributed by atoms with Gasteiger partial charge in [0.05, 0.1) is 46.6 Å². The van der Waals surface area contributed by atoms with E-state index < -0.39 is 41.5 Å². The van der Waals surface area contributed by atoms with Gasteiger partial charge < -0.3 is 25.7 Å². The predicted octanol–water partition coefficient (Wildman–Crippen LogP) is 6.68. The number of hydrogen-bond acceptors (Lipinski definition) is 12. The molecular weight excluding hydrogens is 877 g/mol. The summed E-state index contributed by atoms with van der Waals surface area (Å²) in [6, 6.07) is 12.8. The molecule has 0 saturated carbocycles. The summed E-state index contributed by atoms with van der Waals surface area (Å²) in [6.45, 7) is 15.6. The number of thiazole rings is 1. The predicted molar refractivity (Wildman–Crippen MR) is 253 cm³/mol. The van der Waals surface area contributed by atoms with E-state index in [1.165, 1.54) is 4.90 Å². The number of aliphatic carboxylic acids is 1. The molecule has 0 spiro atoms. The molecule has 6 heterocycles. The van der Waals surface area contributed by atoms with Crippen LogP contribution in [0.2, 0.25) is 0 Å². The number of likely N-dealkylation sites (tertiary alicyclic amines) is 1. The summed E-state index contributed by atoms with van der Waals surface area (Å²) >= 11 is 3.18. The monoisotopic (exact) mass is 930 g/mol. The minimum absolute atomic E-state index is 0.0231. The van der Waals surface area contributed by atoms with Gasteiger partial charge in [0, 0.05) is 53.7 Å². The third kappa shape index (κ3) is 9.35. The normalized spacial score (nSPS) is 17.9. The summed E-state index contributed by atoms with van der Waals surface area (Å²) in [4.78, 5) is 66.5. The maximum absolute atomic E-state index is 14.2. The largest absolute Gasteiger partial charge is 0.481 e. The maximum atomic E-state index is 14.2. The highest BCUT2D eigenvalue weighted by Crippen LogP contribution is 2.40.